The third-order valence-electron chi connectivity index (χ3n) is 6.68. The van der Waals surface area contributed by atoms with E-state index in [1.165, 1.54) is 29.3 Å². The Morgan fingerprint density at radius 3 is 2.28 bits per heavy atom. The molecular weight excluding hydrogens is 506 g/mol. The van der Waals surface area contributed by atoms with Crippen LogP contribution in [0.1, 0.15) is 11.1 Å². The summed E-state index contributed by atoms with van der Waals surface area (Å²) in [7, 11) is 3.00. The zero-order valence-electron chi connectivity index (χ0n) is 19.9. The van der Waals surface area contributed by atoms with Crippen LogP contribution in [0.4, 0.5) is 10.3 Å². The Kier molecular flexibility index (Phi) is 6.63. The molecule has 3 heterocycles. The van der Waals surface area contributed by atoms with Crippen LogP contribution in [0.25, 0.3) is 11.2 Å². The van der Waals surface area contributed by atoms with Gasteiger partial charge in [0, 0.05) is 62.4 Å². The van der Waals surface area contributed by atoms with Crippen LogP contribution in [0.3, 0.4) is 0 Å². The molecule has 8 nitrogen and oxygen atoms in total. The Morgan fingerprint density at radius 2 is 1.61 bits per heavy atom. The van der Waals surface area contributed by atoms with E-state index in [0.717, 1.165) is 24.2 Å². The van der Waals surface area contributed by atoms with Gasteiger partial charge in [0.15, 0.2) is 11.2 Å². The van der Waals surface area contributed by atoms with Gasteiger partial charge in [-0.2, -0.15) is 4.98 Å². The van der Waals surface area contributed by atoms with Crippen molar-refractivity contribution < 1.29 is 4.39 Å². The van der Waals surface area contributed by atoms with E-state index in [-0.39, 0.29) is 28.3 Å². The van der Waals surface area contributed by atoms with E-state index in [9.17, 15) is 14.0 Å². The standard InChI is InChI=1S/C25H25Cl2FN6O2/c1-30-22-21(23(35)31(2)25(30)36)34(15-18-19(27)4-3-5-20(18)28)24(29-22)33-12-10-32(11-13-33)14-16-6-8-17(26)9-7-16/h3-9H,10-15H2,1-2H3. The van der Waals surface area contributed by atoms with E-state index in [0.29, 0.717) is 24.1 Å². The van der Waals surface area contributed by atoms with E-state index in [1.807, 2.05) is 24.3 Å². The number of anilines is 1. The fraction of sp³-hybridized carbons (Fsp3) is 0.320. The molecule has 188 valence electrons. The first kappa shape index (κ1) is 24.5. The number of imidazole rings is 1. The summed E-state index contributed by atoms with van der Waals surface area (Å²) >= 11 is 12.3. The highest BCUT2D eigenvalue weighted by molar-refractivity contribution is 6.31. The molecule has 0 unspecified atom stereocenters. The van der Waals surface area contributed by atoms with E-state index in [1.54, 1.807) is 17.7 Å². The highest BCUT2D eigenvalue weighted by atomic mass is 35.5. The summed E-state index contributed by atoms with van der Waals surface area (Å²) in [6.07, 6.45) is 0. The van der Waals surface area contributed by atoms with Gasteiger partial charge in [0.2, 0.25) is 5.95 Å². The third-order valence-corrected chi connectivity index (χ3v) is 7.29. The number of hydrogen-bond acceptors (Lipinski definition) is 5. The topological polar surface area (TPSA) is 68.3 Å². The first-order valence-corrected chi connectivity index (χ1v) is 12.3. The molecule has 2 aromatic carbocycles. The third kappa shape index (κ3) is 4.42. The lowest BCUT2D eigenvalue weighted by Gasteiger charge is -2.35. The molecule has 0 bridgehead atoms. The number of aromatic nitrogens is 4. The van der Waals surface area contributed by atoms with Crippen molar-refractivity contribution in [1.29, 1.82) is 0 Å². The number of hydrogen-bond donors (Lipinski definition) is 0. The molecule has 4 aromatic rings. The molecular formula is C25H25Cl2FN6O2. The predicted molar refractivity (Wildman–Crippen MR) is 140 cm³/mol. The largest absolute Gasteiger partial charge is 0.340 e. The van der Waals surface area contributed by atoms with Crippen LogP contribution in [0.5, 0.6) is 0 Å². The van der Waals surface area contributed by atoms with Gasteiger partial charge >= 0.3 is 5.69 Å². The quantitative estimate of drug-likeness (QED) is 0.396. The zero-order valence-corrected chi connectivity index (χ0v) is 21.4. The Morgan fingerprint density at radius 1 is 0.917 bits per heavy atom. The summed E-state index contributed by atoms with van der Waals surface area (Å²) in [4.78, 5) is 34.9. The smallest absolute Gasteiger partial charge is 0.332 e. The van der Waals surface area contributed by atoms with Gasteiger partial charge in [-0.3, -0.25) is 23.4 Å². The minimum absolute atomic E-state index is 0.00970. The number of piperazine rings is 1. The fourth-order valence-corrected chi connectivity index (χ4v) is 4.97. The lowest BCUT2D eigenvalue weighted by molar-refractivity contribution is 0.248. The summed E-state index contributed by atoms with van der Waals surface area (Å²) in [5, 5.41) is 0.968. The van der Waals surface area contributed by atoms with Crippen molar-refractivity contribution in [3.8, 4) is 0 Å². The molecule has 1 saturated heterocycles. The monoisotopic (exact) mass is 530 g/mol. The number of benzene rings is 2. The van der Waals surface area contributed by atoms with Gasteiger partial charge in [0.05, 0.1) is 6.54 Å². The highest BCUT2D eigenvalue weighted by Crippen LogP contribution is 2.27. The van der Waals surface area contributed by atoms with Gasteiger partial charge in [-0.25, -0.2) is 9.18 Å². The molecule has 0 aliphatic carbocycles. The molecule has 36 heavy (non-hydrogen) atoms. The molecule has 5 rings (SSSR count). The maximum atomic E-state index is 14.7. The summed E-state index contributed by atoms with van der Waals surface area (Å²) in [6.45, 7) is 3.63. The van der Waals surface area contributed by atoms with Crippen LogP contribution < -0.4 is 16.1 Å². The highest BCUT2D eigenvalue weighted by Gasteiger charge is 2.26. The second-order valence-corrected chi connectivity index (χ2v) is 9.81. The minimum Gasteiger partial charge on any atom is -0.340 e. The van der Waals surface area contributed by atoms with Crippen LogP contribution in [0, 0.1) is 5.82 Å². The molecule has 0 atom stereocenters. The van der Waals surface area contributed by atoms with Gasteiger partial charge in [-0.15, -0.1) is 0 Å². The first-order valence-electron chi connectivity index (χ1n) is 11.6. The molecule has 1 aliphatic heterocycles. The molecule has 0 amide bonds. The van der Waals surface area contributed by atoms with Crippen LogP contribution in [0.2, 0.25) is 10.0 Å². The second kappa shape index (κ2) is 9.72. The van der Waals surface area contributed by atoms with Crippen molar-refractivity contribution in [2.75, 3.05) is 31.1 Å². The normalized spacial score (nSPS) is 14.6. The average molecular weight is 531 g/mol. The number of fused-ring (bicyclic) bond motifs is 1. The summed E-state index contributed by atoms with van der Waals surface area (Å²) in [5.74, 6) is 0.0403. The Balaban J connectivity index is 1.52. The lowest BCUT2D eigenvalue weighted by Crippen LogP contribution is -2.47. The molecule has 1 aliphatic rings. The van der Waals surface area contributed by atoms with Gasteiger partial charge < -0.3 is 4.90 Å². The van der Waals surface area contributed by atoms with E-state index < -0.39 is 17.1 Å². The van der Waals surface area contributed by atoms with Gasteiger partial charge in [-0.1, -0.05) is 41.4 Å². The van der Waals surface area contributed by atoms with Crippen LogP contribution in [-0.2, 0) is 27.2 Å². The Bertz CT molecular complexity index is 1530. The minimum atomic E-state index is -0.485. The number of aryl methyl sites for hydroxylation is 1. The SMILES string of the molecule is Cn1c(=O)c2c(nc(N3CCN(Cc4ccc(Cl)cc4)CC3)n2Cc2c(F)cccc2Cl)n(C)c1=O. The molecule has 0 radical (unpaired) electrons. The van der Waals surface area contributed by atoms with Crippen LogP contribution in [0.15, 0.2) is 52.1 Å². The van der Waals surface area contributed by atoms with Crippen molar-refractivity contribution in [3.05, 3.63) is 90.3 Å². The summed E-state index contributed by atoms with van der Waals surface area (Å²) in [5.41, 5.74) is 0.970. The second-order valence-electron chi connectivity index (χ2n) is 8.97. The van der Waals surface area contributed by atoms with Crippen LogP contribution >= 0.6 is 23.2 Å². The van der Waals surface area contributed by atoms with Crippen molar-refractivity contribution in [2.45, 2.75) is 13.1 Å². The van der Waals surface area contributed by atoms with Crippen molar-refractivity contribution in [3.63, 3.8) is 0 Å². The molecule has 1 fully saturated rings. The molecule has 0 spiro atoms. The number of rotatable bonds is 5. The number of nitrogens with zero attached hydrogens (tertiary/aromatic N) is 6. The fourth-order valence-electron chi connectivity index (χ4n) is 4.62. The van der Waals surface area contributed by atoms with E-state index >= 15 is 0 Å². The Labute approximate surface area is 216 Å². The van der Waals surface area contributed by atoms with E-state index in [4.69, 9.17) is 28.2 Å². The zero-order chi connectivity index (χ0) is 25.6. The van der Waals surface area contributed by atoms with Gasteiger partial charge in [0.1, 0.15) is 5.82 Å². The van der Waals surface area contributed by atoms with Crippen molar-refractivity contribution >= 4 is 40.3 Å². The van der Waals surface area contributed by atoms with Gasteiger partial charge in [0.25, 0.3) is 5.56 Å². The predicted octanol–water partition coefficient (Wildman–Crippen LogP) is 3.25. The van der Waals surface area contributed by atoms with Gasteiger partial charge in [-0.05, 0) is 29.8 Å². The molecule has 2 aromatic heterocycles. The maximum absolute atomic E-state index is 14.7. The molecule has 11 heteroatoms. The Hall–Kier alpha value is -3.14. The maximum Gasteiger partial charge on any atom is 0.332 e. The first-order chi connectivity index (χ1) is 17.2. The molecule has 0 N–H and O–H groups in total. The van der Waals surface area contributed by atoms with E-state index in [2.05, 4.69) is 9.80 Å². The van der Waals surface area contributed by atoms with Crippen LogP contribution in [-0.4, -0.2) is 49.8 Å². The summed E-state index contributed by atoms with van der Waals surface area (Å²) < 4.78 is 18.8. The molecule has 0 saturated carbocycles. The summed E-state index contributed by atoms with van der Waals surface area (Å²) in [6, 6.07) is 12.3. The average Bonchev–Trinajstić information content (AvgIpc) is 3.25. The van der Waals surface area contributed by atoms with Crippen molar-refractivity contribution in [2.24, 2.45) is 14.1 Å². The number of halogens is 3. The lowest BCUT2D eigenvalue weighted by atomic mass is 10.2. The van der Waals surface area contributed by atoms with Crippen molar-refractivity contribution in [1.82, 2.24) is 23.6 Å².